The number of carbonyl (C=O) groups is 1. The smallest absolute Gasteiger partial charge is 0.254 e. The summed E-state index contributed by atoms with van der Waals surface area (Å²) in [5.74, 6) is 1.16. The first-order valence-corrected chi connectivity index (χ1v) is 8.70. The van der Waals surface area contributed by atoms with E-state index >= 15 is 0 Å². The summed E-state index contributed by atoms with van der Waals surface area (Å²) in [4.78, 5) is 22.8. The second-order valence-electron chi connectivity index (χ2n) is 5.98. The highest BCUT2D eigenvalue weighted by Gasteiger charge is 2.10. The number of anilines is 2. The molecule has 1 amide bonds. The number of nitrogens with one attached hydrogen (secondary N) is 1. The Morgan fingerprint density at radius 1 is 1.04 bits per heavy atom. The second kappa shape index (κ2) is 8.80. The molecule has 6 heteroatoms. The van der Waals surface area contributed by atoms with Gasteiger partial charge in [0.25, 0.3) is 5.91 Å². The first-order chi connectivity index (χ1) is 13.2. The summed E-state index contributed by atoms with van der Waals surface area (Å²) in [6.45, 7) is 0.505. The number of ether oxygens (including phenoxy) is 1. The molecule has 0 atom stereocenters. The highest BCUT2D eigenvalue weighted by molar-refractivity contribution is 5.93. The molecule has 0 saturated heterocycles. The van der Waals surface area contributed by atoms with Crippen molar-refractivity contribution in [2.45, 2.75) is 6.42 Å². The standard InChI is InChI=1S/C21H22N4O2/c1-25(18-9-4-3-5-10-18)21-23-14-17(15-24-21)20(26)22-13-12-16-8-6-7-11-19(16)27-2/h3-11,14-15H,12-13H2,1-2H3,(H,22,26). The molecule has 0 aliphatic heterocycles. The topological polar surface area (TPSA) is 67.3 Å². The summed E-state index contributed by atoms with van der Waals surface area (Å²) in [5.41, 5.74) is 2.46. The van der Waals surface area contributed by atoms with Crippen molar-refractivity contribution in [1.29, 1.82) is 0 Å². The Kier molecular flexibility index (Phi) is 5.99. The quantitative estimate of drug-likeness (QED) is 0.699. The first-order valence-electron chi connectivity index (χ1n) is 8.70. The third-order valence-corrected chi connectivity index (χ3v) is 4.22. The number of para-hydroxylation sites is 2. The minimum atomic E-state index is -0.196. The van der Waals surface area contributed by atoms with Gasteiger partial charge in [0.1, 0.15) is 5.75 Å². The molecule has 0 unspecified atom stereocenters. The van der Waals surface area contributed by atoms with Crippen LogP contribution >= 0.6 is 0 Å². The third kappa shape index (κ3) is 4.61. The molecule has 1 N–H and O–H groups in total. The van der Waals surface area contributed by atoms with Crippen LogP contribution in [0, 0.1) is 0 Å². The molecule has 0 saturated carbocycles. The summed E-state index contributed by atoms with van der Waals surface area (Å²) < 4.78 is 5.32. The number of rotatable bonds is 7. The lowest BCUT2D eigenvalue weighted by atomic mass is 10.1. The van der Waals surface area contributed by atoms with Gasteiger partial charge in [-0.25, -0.2) is 9.97 Å². The van der Waals surface area contributed by atoms with Crippen LogP contribution in [0.1, 0.15) is 15.9 Å². The number of aromatic nitrogens is 2. The number of methoxy groups -OCH3 is 1. The molecule has 0 aliphatic rings. The van der Waals surface area contributed by atoms with Crippen LogP contribution in [-0.2, 0) is 6.42 Å². The summed E-state index contributed by atoms with van der Waals surface area (Å²) in [6, 6.07) is 17.6. The molecule has 0 radical (unpaired) electrons. The Balaban J connectivity index is 1.57. The molecular weight excluding hydrogens is 340 g/mol. The van der Waals surface area contributed by atoms with Gasteiger partial charge >= 0.3 is 0 Å². The number of amides is 1. The van der Waals surface area contributed by atoms with Crippen molar-refractivity contribution in [3.63, 3.8) is 0 Å². The van der Waals surface area contributed by atoms with Crippen LogP contribution in [0.3, 0.4) is 0 Å². The number of hydrogen-bond donors (Lipinski definition) is 1. The van der Waals surface area contributed by atoms with Crippen molar-refractivity contribution >= 4 is 17.5 Å². The van der Waals surface area contributed by atoms with Crippen molar-refractivity contribution in [1.82, 2.24) is 15.3 Å². The first kappa shape index (κ1) is 18.4. The zero-order valence-corrected chi connectivity index (χ0v) is 15.4. The largest absolute Gasteiger partial charge is 0.496 e. The van der Waals surface area contributed by atoms with Gasteiger partial charge in [-0.05, 0) is 30.2 Å². The SMILES string of the molecule is COc1ccccc1CCNC(=O)c1cnc(N(C)c2ccccc2)nc1. The Morgan fingerprint density at radius 2 is 1.70 bits per heavy atom. The van der Waals surface area contributed by atoms with Crippen molar-refractivity contribution in [2.24, 2.45) is 0 Å². The Bertz CT molecular complexity index is 882. The summed E-state index contributed by atoms with van der Waals surface area (Å²) in [5, 5.41) is 2.89. The van der Waals surface area contributed by atoms with E-state index in [1.165, 1.54) is 0 Å². The molecule has 2 aromatic carbocycles. The highest BCUT2D eigenvalue weighted by atomic mass is 16.5. The van der Waals surface area contributed by atoms with E-state index in [4.69, 9.17) is 4.74 Å². The van der Waals surface area contributed by atoms with E-state index in [9.17, 15) is 4.79 Å². The molecule has 3 rings (SSSR count). The van der Waals surface area contributed by atoms with Gasteiger partial charge in [-0.1, -0.05) is 36.4 Å². The fourth-order valence-corrected chi connectivity index (χ4v) is 2.70. The zero-order valence-electron chi connectivity index (χ0n) is 15.4. The fraction of sp³-hybridized carbons (Fsp3) is 0.190. The van der Waals surface area contributed by atoms with E-state index in [0.717, 1.165) is 17.0 Å². The predicted octanol–water partition coefficient (Wildman–Crippen LogP) is 3.23. The van der Waals surface area contributed by atoms with Crippen LogP contribution in [0.4, 0.5) is 11.6 Å². The Morgan fingerprint density at radius 3 is 2.41 bits per heavy atom. The average molecular weight is 362 g/mol. The van der Waals surface area contributed by atoms with E-state index < -0.39 is 0 Å². The summed E-state index contributed by atoms with van der Waals surface area (Å²) in [6.07, 6.45) is 3.77. The monoisotopic (exact) mass is 362 g/mol. The zero-order chi connectivity index (χ0) is 19.1. The van der Waals surface area contributed by atoms with Crippen molar-refractivity contribution in [3.05, 3.63) is 78.1 Å². The Hall–Kier alpha value is -3.41. The van der Waals surface area contributed by atoms with Gasteiger partial charge in [0.2, 0.25) is 5.95 Å². The lowest BCUT2D eigenvalue weighted by Gasteiger charge is -2.16. The maximum absolute atomic E-state index is 12.3. The molecule has 0 aliphatic carbocycles. The van der Waals surface area contributed by atoms with Gasteiger partial charge in [0.05, 0.1) is 12.7 Å². The molecule has 1 aromatic heterocycles. The molecule has 27 heavy (non-hydrogen) atoms. The molecular formula is C21H22N4O2. The van der Waals surface area contributed by atoms with Gasteiger partial charge in [-0.3, -0.25) is 4.79 Å². The van der Waals surface area contributed by atoms with E-state index in [2.05, 4.69) is 15.3 Å². The minimum Gasteiger partial charge on any atom is -0.496 e. The lowest BCUT2D eigenvalue weighted by Crippen LogP contribution is -2.26. The predicted molar refractivity (Wildman–Crippen MR) is 106 cm³/mol. The third-order valence-electron chi connectivity index (χ3n) is 4.22. The molecule has 138 valence electrons. The molecule has 3 aromatic rings. The summed E-state index contributed by atoms with van der Waals surface area (Å²) in [7, 11) is 3.53. The Labute approximate surface area is 158 Å². The number of benzene rings is 2. The molecule has 0 fully saturated rings. The van der Waals surface area contributed by atoms with Crippen LogP contribution < -0.4 is 15.0 Å². The maximum Gasteiger partial charge on any atom is 0.254 e. The number of nitrogens with zero attached hydrogens (tertiary/aromatic N) is 3. The molecule has 1 heterocycles. The van der Waals surface area contributed by atoms with Crippen LogP contribution in [0.25, 0.3) is 0 Å². The van der Waals surface area contributed by atoms with Gasteiger partial charge in [-0.2, -0.15) is 0 Å². The number of hydrogen-bond acceptors (Lipinski definition) is 5. The molecule has 6 nitrogen and oxygen atoms in total. The van der Waals surface area contributed by atoms with Gasteiger partial charge in [0, 0.05) is 31.7 Å². The number of carbonyl (C=O) groups excluding carboxylic acids is 1. The molecule has 0 bridgehead atoms. The van der Waals surface area contributed by atoms with Gasteiger partial charge in [-0.15, -0.1) is 0 Å². The van der Waals surface area contributed by atoms with Crippen molar-refractivity contribution in [3.8, 4) is 5.75 Å². The van der Waals surface area contributed by atoms with Crippen LogP contribution in [-0.4, -0.2) is 36.6 Å². The van der Waals surface area contributed by atoms with Crippen LogP contribution in [0.15, 0.2) is 67.0 Å². The second-order valence-corrected chi connectivity index (χ2v) is 5.98. The normalized spacial score (nSPS) is 10.3. The van der Waals surface area contributed by atoms with Gasteiger partial charge < -0.3 is 15.0 Å². The van der Waals surface area contributed by atoms with Crippen LogP contribution in [0.5, 0.6) is 5.75 Å². The fourth-order valence-electron chi connectivity index (χ4n) is 2.70. The molecule has 0 spiro atoms. The lowest BCUT2D eigenvalue weighted by molar-refractivity contribution is 0.0953. The van der Waals surface area contributed by atoms with E-state index in [1.807, 2.05) is 66.5 Å². The van der Waals surface area contributed by atoms with Crippen molar-refractivity contribution < 1.29 is 9.53 Å². The highest BCUT2D eigenvalue weighted by Crippen LogP contribution is 2.19. The van der Waals surface area contributed by atoms with Crippen molar-refractivity contribution in [2.75, 3.05) is 25.6 Å². The van der Waals surface area contributed by atoms with Crippen LogP contribution in [0.2, 0.25) is 0 Å². The van der Waals surface area contributed by atoms with E-state index in [0.29, 0.717) is 24.5 Å². The average Bonchev–Trinajstić information content (AvgIpc) is 2.74. The summed E-state index contributed by atoms with van der Waals surface area (Å²) >= 11 is 0. The van der Waals surface area contributed by atoms with Gasteiger partial charge in [0.15, 0.2) is 0 Å². The maximum atomic E-state index is 12.3. The minimum absolute atomic E-state index is 0.196. The van der Waals surface area contributed by atoms with E-state index in [1.54, 1.807) is 19.5 Å². The van der Waals surface area contributed by atoms with E-state index in [-0.39, 0.29) is 5.91 Å².